The molecule has 0 aliphatic carbocycles. The molecule has 0 unspecified atom stereocenters. The topological polar surface area (TPSA) is 62.6 Å². The molecule has 0 saturated carbocycles. The van der Waals surface area contributed by atoms with Crippen molar-refractivity contribution in [2.45, 2.75) is 6.92 Å². The molecule has 0 radical (unpaired) electrons. The first-order valence-corrected chi connectivity index (χ1v) is 7.81. The van der Waals surface area contributed by atoms with Crippen LogP contribution in [0.4, 0.5) is 11.8 Å². The molecule has 0 spiro atoms. The number of hydrogen-bond acceptors (Lipinski definition) is 6. The minimum absolute atomic E-state index is 0.664. The minimum Gasteiger partial charge on any atom is -0.378 e. The summed E-state index contributed by atoms with van der Waals surface area (Å²) in [6.45, 7) is 4.95. The first-order chi connectivity index (χ1) is 11.2. The van der Waals surface area contributed by atoms with Gasteiger partial charge in [-0.3, -0.25) is 5.43 Å². The number of morpholine rings is 1. The van der Waals surface area contributed by atoms with Crippen molar-refractivity contribution in [1.29, 1.82) is 0 Å². The highest BCUT2D eigenvalue weighted by Crippen LogP contribution is 2.15. The van der Waals surface area contributed by atoms with Gasteiger partial charge in [-0.25, -0.2) is 4.98 Å². The molecule has 0 atom stereocenters. The number of ether oxygens (including phenoxy) is 1. The molecule has 120 valence electrons. The fraction of sp³-hybridized carbons (Fsp3) is 0.312. The van der Waals surface area contributed by atoms with E-state index in [4.69, 9.17) is 16.3 Å². The largest absolute Gasteiger partial charge is 0.378 e. The predicted molar refractivity (Wildman–Crippen MR) is 92.5 cm³/mol. The van der Waals surface area contributed by atoms with E-state index in [1.807, 2.05) is 37.3 Å². The molecule has 6 nitrogen and oxygen atoms in total. The number of rotatable bonds is 4. The molecular weight excluding hydrogens is 314 g/mol. The number of nitrogens with zero attached hydrogens (tertiary/aromatic N) is 4. The van der Waals surface area contributed by atoms with Crippen molar-refractivity contribution in [2.24, 2.45) is 5.10 Å². The van der Waals surface area contributed by atoms with Crippen LogP contribution in [0.15, 0.2) is 35.4 Å². The van der Waals surface area contributed by atoms with Crippen LogP contribution >= 0.6 is 11.6 Å². The van der Waals surface area contributed by atoms with E-state index in [1.165, 1.54) is 0 Å². The van der Waals surface area contributed by atoms with Crippen molar-refractivity contribution in [1.82, 2.24) is 9.97 Å². The monoisotopic (exact) mass is 331 g/mol. The zero-order valence-electron chi connectivity index (χ0n) is 12.9. The van der Waals surface area contributed by atoms with E-state index in [0.29, 0.717) is 30.0 Å². The van der Waals surface area contributed by atoms with Crippen LogP contribution in [0.2, 0.25) is 5.02 Å². The maximum absolute atomic E-state index is 5.95. The van der Waals surface area contributed by atoms with Crippen molar-refractivity contribution >= 4 is 29.6 Å². The summed E-state index contributed by atoms with van der Waals surface area (Å²) in [4.78, 5) is 11.1. The number of benzene rings is 1. The number of anilines is 2. The fourth-order valence-electron chi connectivity index (χ4n) is 2.27. The molecule has 7 heteroatoms. The molecule has 1 N–H and O–H groups in total. The Morgan fingerprint density at radius 3 is 2.87 bits per heavy atom. The molecule has 2 aromatic rings. The molecule has 1 saturated heterocycles. The molecule has 1 aliphatic heterocycles. The Hall–Kier alpha value is -2.18. The number of halogens is 1. The quantitative estimate of drug-likeness (QED) is 0.689. The van der Waals surface area contributed by atoms with Crippen molar-refractivity contribution in [3.8, 4) is 0 Å². The van der Waals surface area contributed by atoms with Crippen molar-refractivity contribution in [2.75, 3.05) is 36.6 Å². The summed E-state index contributed by atoms with van der Waals surface area (Å²) < 4.78 is 5.36. The number of aromatic nitrogens is 2. The summed E-state index contributed by atoms with van der Waals surface area (Å²) in [5.41, 5.74) is 4.76. The Morgan fingerprint density at radius 1 is 1.26 bits per heavy atom. The van der Waals surface area contributed by atoms with Gasteiger partial charge in [0.1, 0.15) is 0 Å². The van der Waals surface area contributed by atoms with Crippen LogP contribution < -0.4 is 10.3 Å². The lowest BCUT2D eigenvalue weighted by Crippen LogP contribution is -2.37. The van der Waals surface area contributed by atoms with Crippen LogP contribution in [-0.2, 0) is 4.74 Å². The van der Waals surface area contributed by atoms with Crippen molar-refractivity contribution < 1.29 is 4.74 Å². The van der Waals surface area contributed by atoms with Gasteiger partial charge in [0.05, 0.1) is 19.4 Å². The summed E-state index contributed by atoms with van der Waals surface area (Å²) in [5.74, 6) is 1.37. The lowest BCUT2D eigenvalue weighted by molar-refractivity contribution is 0.122. The predicted octanol–water partition coefficient (Wildman–Crippen LogP) is 2.72. The van der Waals surface area contributed by atoms with Gasteiger partial charge in [-0.2, -0.15) is 10.1 Å². The average molecular weight is 332 g/mol. The van der Waals surface area contributed by atoms with Gasteiger partial charge < -0.3 is 9.64 Å². The second-order valence-electron chi connectivity index (χ2n) is 5.22. The number of hydrazone groups is 1. The standard InChI is InChI=1S/C16H18ClN5O/c1-12-9-15(20-16(19-12)22-5-7-23-8-6-22)21-18-11-13-3-2-4-14(17)10-13/h2-4,9-11H,5-8H2,1H3,(H,19,20,21)/b18-11-. The SMILES string of the molecule is Cc1cc(N/N=C\c2cccc(Cl)c2)nc(N2CCOCC2)n1. The Bertz CT molecular complexity index is 701. The normalized spacial score (nSPS) is 15.1. The second-order valence-corrected chi connectivity index (χ2v) is 5.66. The molecule has 1 aliphatic rings. The molecule has 0 amide bonds. The van der Waals surface area contributed by atoms with Crippen LogP contribution in [0.1, 0.15) is 11.3 Å². The van der Waals surface area contributed by atoms with Crippen molar-refractivity contribution in [3.05, 3.63) is 46.6 Å². The van der Waals surface area contributed by atoms with Gasteiger partial charge in [0.15, 0.2) is 5.82 Å². The molecular formula is C16H18ClN5O. The third-order valence-electron chi connectivity index (χ3n) is 3.38. The summed E-state index contributed by atoms with van der Waals surface area (Å²) in [7, 11) is 0. The average Bonchev–Trinajstić information content (AvgIpc) is 2.55. The zero-order chi connectivity index (χ0) is 16.1. The van der Waals surface area contributed by atoms with Crippen molar-refractivity contribution in [3.63, 3.8) is 0 Å². The van der Waals surface area contributed by atoms with Crippen LogP contribution in [0.3, 0.4) is 0 Å². The smallest absolute Gasteiger partial charge is 0.227 e. The second kappa shape index (κ2) is 7.39. The molecule has 23 heavy (non-hydrogen) atoms. The van der Waals surface area contributed by atoms with Crippen LogP contribution in [-0.4, -0.2) is 42.5 Å². The maximum atomic E-state index is 5.95. The maximum Gasteiger partial charge on any atom is 0.227 e. The van der Waals surface area contributed by atoms with Gasteiger partial charge in [-0.05, 0) is 24.6 Å². The minimum atomic E-state index is 0.664. The van der Waals surface area contributed by atoms with Gasteiger partial charge in [-0.1, -0.05) is 23.7 Å². The van der Waals surface area contributed by atoms with E-state index in [-0.39, 0.29) is 0 Å². The van der Waals surface area contributed by atoms with Crippen LogP contribution in [0.5, 0.6) is 0 Å². The highest BCUT2D eigenvalue weighted by atomic mass is 35.5. The van der Waals surface area contributed by atoms with E-state index in [2.05, 4.69) is 25.4 Å². The highest BCUT2D eigenvalue weighted by molar-refractivity contribution is 6.30. The lowest BCUT2D eigenvalue weighted by atomic mass is 10.2. The Morgan fingerprint density at radius 2 is 2.09 bits per heavy atom. The van der Waals surface area contributed by atoms with E-state index >= 15 is 0 Å². The molecule has 1 aromatic carbocycles. The van der Waals surface area contributed by atoms with Gasteiger partial charge >= 0.3 is 0 Å². The Balaban J connectivity index is 1.71. The van der Waals surface area contributed by atoms with Gasteiger partial charge in [0, 0.05) is 29.9 Å². The molecule has 1 aromatic heterocycles. The third-order valence-corrected chi connectivity index (χ3v) is 3.61. The number of aryl methyl sites for hydroxylation is 1. The summed E-state index contributed by atoms with van der Waals surface area (Å²) in [6.07, 6.45) is 1.71. The van der Waals surface area contributed by atoms with E-state index < -0.39 is 0 Å². The highest BCUT2D eigenvalue weighted by Gasteiger charge is 2.14. The van der Waals surface area contributed by atoms with Crippen LogP contribution in [0.25, 0.3) is 0 Å². The Labute approximate surface area is 140 Å². The van der Waals surface area contributed by atoms with Gasteiger partial charge in [-0.15, -0.1) is 0 Å². The van der Waals surface area contributed by atoms with Gasteiger partial charge in [0.2, 0.25) is 5.95 Å². The fourth-order valence-corrected chi connectivity index (χ4v) is 2.47. The first kappa shape index (κ1) is 15.7. The van der Waals surface area contributed by atoms with E-state index in [0.717, 1.165) is 24.3 Å². The Kier molecular flexibility index (Phi) is 5.05. The van der Waals surface area contributed by atoms with E-state index in [1.54, 1.807) is 6.21 Å². The number of nitrogens with one attached hydrogen (secondary N) is 1. The molecule has 2 heterocycles. The summed E-state index contributed by atoms with van der Waals surface area (Å²) >= 11 is 5.95. The van der Waals surface area contributed by atoms with Gasteiger partial charge in [0.25, 0.3) is 0 Å². The number of hydrogen-bond donors (Lipinski definition) is 1. The third kappa shape index (κ3) is 4.40. The lowest BCUT2D eigenvalue weighted by Gasteiger charge is -2.27. The molecule has 3 rings (SSSR count). The molecule has 1 fully saturated rings. The van der Waals surface area contributed by atoms with Crippen LogP contribution in [0, 0.1) is 6.92 Å². The summed E-state index contributed by atoms with van der Waals surface area (Å²) in [5, 5.41) is 4.90. The zero-order valence-corrected chi connectivity index (χ0v) is 13.6. The summed E-state index contributed by atoms with van der Waals surface area (Å²) in [6, 6.07) is 9.35. The molecule has 0 bridgehead atoms. The van der Waals surface area contributed by atoms with E-state index in [9.17, 15) is 0 Å². The first-order valence-electron chi connectivity index (χ1n) is 7.44.